The van der Waals surface area contributed by atoms with Crippen LogP contribution in [0.4, 0.5) is 5.69 Å². The Morgan fingerprint density at radius 3 is 2.90 bits per heavy atom. The van der Waals surface area contributed by atoms with Crippen molar-refractivity contribution in [3.8, 4) is 11.8 Å². The van der Waals surface area contributed by atoms with Crippen LogP contribution in [0.2, 0.25) is 5.15 Å². The van der Waals surface area contributed by atoms with Crippen molar-refractivity contribution in [1.82, 2.24) is 4.98 Å². The number of nitrogens with zero attached hydrogens (tertiary/aromatic N) is 2. The zero-order valence-corrected chi connectivity index (χ0v) is 13.2. The van der Waals surface area contributed by atoms with Gasteiger partial charge in [-0.1, -0.05) is 11.6 Å². The molecular weight excluding hydrogens is 358 g/mol. The Morgan fingerprint density at radius 1 is 1.48 bits per heavy atom. The molecule has 0 aliphatic heterocycles. The van der Waals surface area contributed by atoms with Crippen LogP contribution in [-0.4, -0.2) is 18.0 Å². The quantitative estimate of drug-likeness (QED) is 0.842. The second-order valence-electron chi connectivity index (χ2n) is 3.97. The Morgan fingerprint density at radius 2 is 2.24 bits per heavy atom. The first-order valence-corrected chi connectivity index (χ1v) is 6.92. The Bertz CT molecular complexity index is 743. The van der Waals surface area contributed by atoms with Crippen molar-refractivity contribution in [2.75, 3.05) is 12.4 Å². The van der Waals surface area contributed by atoms with Gasteiger partial charge in [0.2, 0.25) is 0 Å². The van der Waals surface area contributed by atoms with E-state index in [1.807, 2.05) is 6.07 Å². The highest BCUT2D eigenvalue weighted by Crippen LogP contribution is 2.27. The van der Waals surface area contributed by atoms with E-state index in [-0.39, 0.29) is 10.7 Å². The minimum absolute atomic E-state index is 0.100. The Hall–Kier alpha value is -2.10. The lowest BCUT2D eigenvalue weighted by atomic mass is 10.2. The van der Waals surface area contributed by atoms with Gasteiger partial charge in [-0.3, -0.25) is 4.79 Å². The summed E-state index contributed by atoms with van der Waals surface area (Å²) in [5.41, 5.74) is 1.11. The third-order valence-electron chi connectivity index (χ3n) is 2.63. The summed E-state index contributed by atoms with van der Waals surface area (Å²) < 4.78 is 5.80. The third-order valence-corrected chi connectivity index (χ3v) is 3.36. The lowest BCUT2D eigenvalue weighted by molar-refractivity contribution is 0.102. The van der Waals surface area contributed by atoms with Gasteiger partial charge in [-0.05, 0) is 34.1 Å². The van der Waals surface area contributed by atoms with Gasteiger partial charge >= 0.3 is 0 Å². The molecule has 21 heavy (non-hydrogen) atoms. The molecule has 0 unspecified atom stereocenters. The number of ether oxygens (including phenoxy) is 1. The standard InChI is InChI=1S/C14H9BrClN3O2/c1-21-12-4-8(6-17)2-3-11(12)19-14(20)10-5-9(15)7-18-13(10)16/h2-5,7H,1H3,(H,19,20). The van der Waals surface area contributed by atoms with Crippen molar-refractivity contribution < 1.29 is 9.53 Å². The molecule has 106 valence electrons. The summed E-state index contributed by atoms with van der Waals surface area (Å²) in [5, 5.41) is 11.6. The smallest absolute Gasteiger partial charge is 0.258 e. The maximum Gasteiger partial charge on any atom is 0.258 e. The molecule has 2 rings (SSSR count). The van der Waals surface area contributed by atoms with Gasteiger partial charge in [0.1, 0.15) is 10.9 Å². The van der Waals surface area contributed by atoms with E-state index in [4.69, 9.17) is 21.6 Å². The number of pyridine rings is 1. The highest BCUT2D eigenvalue weighted by atomic mass is 79.9. The number of methoxy groups -OCH3 is 1. The van der Waals surface area contributed by atoms with E-state index >= 15 is 0 Å². The molecule has 1 N–H and O–H groups in total. The number of amides is 1. The molecule has 1 amide bonds. The molecule has 0 spiro atoms. The molecule has 1 heterocycles. The van der Waals surface area contributed by atoms with E-state index in [2.05, 4.69) is 26.2 Å². The van der Waals surface area contributed by atoms with Gasteiger partial charge < -0.3 is 10.1 Å². The molecule has 5 nitrogen and oxygen atoms in total. The first kappa shape index (κ1) is 15.3. The highest BCUT2D eigenvalue weighted by molar-refractivity contribution is 9.10. The summed E-state index contributed by atoms with van der Waals surface area (Å²) in [5.74, 6) is -0.0294. The van der Waals surface area contributed by atoms with Gasteiger partial charge in [0.25, 0.3) is 5.91 Å². The van der Waals surface area contributed by atoms with Gasteiger partial charge in [-0.2, -0.15) is 5.26 Å². The highest BCUT2D eigenvalue weighted by Gasteiger charge is 2.14. The molecule has 0 radical (unpaired) electrons. The summed E-state index contributed by atoms with van der Waals surface area (Å²) in [6, 6.07) is 8.28. The van der Waals surface area contributed by atoms with Crippen LogP contribution < -0.4 is 10.1 Å². The molecule has 2 aromatic rings. The van der Waals surface area contributed by atoms with Crippen LogP contribution >= 0.6 is 27.5 Å². The predicted molar refractivity (Wildman–Crippen MR) is 82.6 cm³/mol. The first-order chi connectivity index (χ1) is 10.0. The van der Waals surface area contributed by atoms with E-state index in [9.17, 15) is 4.79 Å². The average molecular weight is 367 g/mol. The number of nitriles is 1. The molecule has 7 heteroatoms. The van der Waals surface area contributed by atoms with Gasteiger partial charge in [-0.25, -0.2) is 4.98 Å². The van der Waals surface area contributed by atoms with Crippen LogP contribution in [0.3, 0.4) is 0 Å². The number of halogens is 2. The summed E-state index contributed by atoms with van der Waals surface area (Å²) in [7, 11) is 1.46. The molecule has 1 aromatic heterocycles. The number of benzene rings is 1. The van der Waals surface area contributed by atoms with E-state index < -0.39 is 5.91 Å². The summed E-state index contributed by atoms with van der Waals surface area (Å²) in [6.45, 7) is 0. The fourth-order valence-electron chi connectivity index (χ4n) is 1.64. The Balaban J connectivity index is 2.32. The number of anilines is 1. The van der Waals surface area contributed by atoms with Crippen molar-refractivity contribution >= 4 is 39.1 Å². The van der Waals surface area contributed by atoms with Crippen LogP contribution in [0.5, 0.6) is 5.75 Å². The normalized spacial score (nSPS) is 9.81. The zero-order valence-electron chi connectivity index (χ0n) is 10.9. The molecule has 0 aliphatic rings. The second-order valence-corrected chi connectivity index (χ2v) is 5.25. The van der Waals surface area contributed by atoms with Crippen molar-refractivity contribution in [2.45, 2.75) is 0 Å². The molecule has 0 bridgehead atoms. The Labute approximate surface area is 134 Å². The number of carbonyl (C=O) groups excluding carboxylic acids is 1. The number of hydrogen-bond donors (Lipinski definition) is 1. The van der Waals surface area contributed by atoms with Gasteiger partial charge in [0.15, 0.2) is 0 Å². The molecule has 0 atom stereocenters. The van der Waals surface area contributed by atoms with Gasteiger partial charge in [0.05, 0.1) is 30.0 Å². The maximum absolute atomic E-state index is 12.2. The minimum Gasteiger partial charge on any atom is -0.495 e. The largest absolute Gasteiger partial charge is 0.495 e. The Kier molecular flexibility index (Phi) is 4.78. The molecule has 0 saturated carbocycles. The third kappa shape index (κ3) is 3.51. The average Bonchev–Trinajstić information content (AvgIpc) is 2.49. The first-order valence-electron chi connectivity index (χ1n) is 5.75. The van der Waals surface area contributed by atoms with Crippen molar-refractivity contribution in [2.24, 2.45) is 0 Å². The number of rotatable bonds is 3. The fourth-order valence-corrected chi connectivity index (χ4v) is 2.16. The zero-order chi connectivity index (χ0) is 15.4. The van der Waals surface area contributed by atoms with Crippen molar-refractivity contribution in [1.29, 1.82) is 5.26 Å². The van der Waals surface area contributed by atoms with E-state index in [1.165, 1.54) is 19.4 Å². The molecule has 0 saturated heterocycles. The van der Waals surface area contributed by atoms with Gasteiger partial charge in [-0.15, -0.1) is 0 Å². The van der Waals surface area contributed by atoms with Crippen LogP contribution in [0.15, 0.2) is 34.9 Å². The summed E-state index contributed by atoms with van der Waals surface area (Å²) in [6.07, 6.45) is 1.50. The number of hydrogen-bond acceptors (Lipinski definition) is 4. The minimum atomic E-state index is -0.420. The fraction of sp³-hybridized carbons (Fsp3) is 0.0714. The lowest BCUT2D eigenvalue weighted by Crippen LogP contribution is -2.13. The topological polar surface area (TPSA) is 75.0 Å². The second kappa shape index (κ2) is 6.57. The maximum atomic E-state index is 12.2. The summed E-state index contributed by atoms with van der Waals surface area (Å²) >= 11 is 9.15. The summed E-state index contributed by atoms with van der Waals surface area (Å²) in [4.78, 5) is 16.1. The molecule has 0 fully saturated rings. The molecule has 1 aromatic carbocycles. The SMILES string of the molecule is COc1cc(C#N)ccc1NC(=O)c1cc(Br)cnc1Cl. The lowest BCUT2D eigenvalue weighted by Gasteiger charge is -2.11. The monoisotopic (exact) mass is 365 g/mol. The van der Waals surface area contributed by atoms with Crippen LogP contribution in [-0.2, 0) is 0 Å². The number of aromatic nitrogens is 1. The molecule has 0 aliphatic carbocycles. The van der Waals surface area contributed by atoms with Crippen LogP contribution in [0, 0.1) is 11.3 Å². The van der Waals surface area contributed by atoms with E-state index in [0.29, 0.717) is 21.5 Å². The van der Waals surface area contributed by atoms with E-state index in [0.717, 1.165) is 0 Å². The van der Waals surface area contributed by atoms with Crippen LogP contribution in [0.1, 0.15) is 15.9 Å². The predicted octanol–water partition coefficient (Wildman–Crippen LogP) is 3.63. The van der Waals surface area contributed by atoms with Gasteiger partial charge in [0, 0.05) is 16.7 Å². The number of nitrogens with one attached hydrogen (secondary N) is 1. The van der Waals surface area contributed by atoms with E-state index in [1.54, 1.807) is 18.2 Å². The van der Waals surface area contributed by atoms with Crippen molar-refractivity contribution in [3.05, 3.63) is 51.2 Å². The number of carbonyl (C=O) groups is 1. The molecular formula is C14H9BrClN3O2. The van der Waals surface area contributed by atoms with Crippen LogP contribution in [0.25, 0.3) is 0 Å². The van der Waals surface area contributed by atoms with Crippen molar-refractivity contribution in [3.63, 3.8) is 0 Å².